The van der Waals surface area contributed by atoms with Crippen molar-refractivity contribution in [1.29, 1.82) is 0 Å². The van der Waals surface area contributed by atoms with Crippen molar-refractivity contribution in [1.82, 2.24) is 0 Å². The lowest BCUT2D eigenvalue weighted by atomic mass is 9.77. The third-order valence-corrected chi connectivity index (χ3v) is 7.93. The Morgan fingerprint density at radius 2 is 1.82 bits per heavy atom. The number of ether oxygens (including phenoxy) is 2. The van der Waals surface area contributed by atoms with Gasteiger partial charge < -0.3 is 14.8 Å². The minimum atomic E-state index is 0.264. The van der Waals surface area contributed by atoms with E-state index < -0.39 is 0 Å². The summed E-state index contributed by atoms with van der Waals surface area (Å²) < 4.78 is 11.5. The molecule has 1 aliphatic carbocycles. The van der Waals surface area contributed by atoms with Crippen LogP contribution in [0.5, 0.6) is 11.5 Å². The molecule has 0 unspecified atom stereocenters. The van der Waals surface area contributed by atoms with Crippen LogP contribution >= 0.6 is 23.2 Å². The van der Waals surface area contributed by atoms with Crippen LogP contribution in [0.25, 0.3) is 0 Å². The van der Waals surface area contributed by atoms with Crippen molar-refractivity contribution in [2.24, 2.45) is 10.9 Å². The van der Waals surface area contributed by atoms with Crippen molar-refractivity contribution in [3.63, 3.8) is 0 Å². The van der Waals surface area contributed by atoms with Gasteiger partial charge in [0.05, 0.1) is 23.9 Å². The summed E-state index contributed by atoms with van der Waals surface area (Å²) in [6.45, 7) is 0.329. The predicted molar refractivity (Wildman–Crippen MR) is 160 cm³/mol. The van der Waals surface area contributed by atoms with Crippen LogP contribution in [0.3, 0.4) is 0 Å². The first-order valence-electron chi connectivity index (χ1n) is 13.0. The monoisotopic (exact) mass is 554 g/mol. The van der Waals surface area contributed by atoms with E-state index in [0.29, 0.717) is 40.0 Å². The lowest BCUT2D eigenvalue weighted by Gasteiger charge is -2.37. The van der Waals surface area contributed by atoms with Crippen molar-refractivity contribution in [2.75, 3.05) is 12.4 Å². The van der Waals surface area contributed by atoms with Crippen LogP contribution in [0.4, 0.5) is 11.4 Å². The van der Waals surface area contributed by atoms with Crippen LogP contribution in [0.15, 0.2) is 102 Å². The van der Waals surface area contributed by atoms with Crippen molar-refractivity contribution >= 4 is 40.8 Å². The summed E-state index contributed by atoms with van der Waals surface area (Å²) in [5.41, 5.74) is 6.52. The molecule has 39 heavy (non-hydrogen) atoms. The fourth-order valence-corrected chi connectivity index (χ4v) is 6.01. The fourth-order valence-electron chi connectivity index (χ4n) is 5.53. The van der Waals surface area contributed by atoms with E-state index in [9.17, 15) is 0 Å². The van der Waals surface area contributed by atoms with Gasteiger partial charge in [-0.25, -0.2) is 0 Å². The van der Waals surface area contributed by atoms with Gasteiger partial charge >= 0.3 is 0 Å². The molecule has 0 fully saturated rings. The molecule has 0 amide bonds. The molecule has 196 valence electrons. The van der Waals surface area contributed by atoms with Crippen LogP contribution in [-0.4, -0.2) is 13.3 Å². The van der Waals surface area contributed by atoms with E-state index in [1.54, 1.807) is 13.3 Å². The summed E-state index contributed by atoms with van der Waals surface area (Å²) in [5, 5.41) is 4.90. The van der Waals surface area contributed by atoms with Crippen LogP contribution in [-0.2, 0) is 6.61 Å². The van der Waals surface area contributed by atoms with E-state index in [2.05, 4.69) is 71.0 Å². The average molecular weight is 556 g/mol. The number of hydrogen-bond donors (Lipinski definition) is 1. The molecular weight excluding hydrogens is 527 g/mol. The van der Waals surface area contributed by atoms with E-state index in [4.69, 9.17) is 32.7 Å². The van der Waals surface area contributed by atoms with Gasteiger partial charge in [-0.15, -0.1) is 0 Å². The number of nitrogens with one attached hydrogen (secondary N) is 1. The second-order valence-electron chi connectivity index (χ2n) is 9.87. The number of aliphatic imine (C=N–C) groups is 1. The summed E-state index contributed by atoms with van der Waals surface area (Å²) in [5.74, 6) is 2.01. The molecule has 1 aliphatic heterocycles. The van der Waals surface area contributed by atoms with E-state index in [1.165, 1.54) is 16.8 Å². The molecular formula is C33H28Cl2N2O2. The normalized spacial score (nSPS) is 19.4. The highest BCUT2D eigenvalue weighted by Crippen LogP contribution is 2.49. The molecule has 4 aromatic rings. The van der Waals surface area contributed by atoms with E-state index in [1.807, 2.05) is 36.4 Å². The van der Waals surface area contributed by atoms with Crippen molar-refractivity contribution < 1.29 is 9.47 Å². The Balaban J connectivity index is 1.17. The number of para-hydroxylation sites is 1. The average Bonchev–Trinajstić information content (AvgIpc) is 3.46. The van der Waals surface area contributed by atoms with Crippen LogP contribution < -0.4 is 14.8 Å². The first-order chi connectivity index (χ1) is 19.1. The van der Waals surface area contributed by atoms with Crippen LogP contribution in [0, 0.1) is 5.92 Å². The van der Waals surface area contributed by atoms with Crippen molar-refractivity contribution in [3.8, 4) is 11.5 Å². The van der Waals surface area contributed by atoms with Crippen LogP contribution in [0.2, 0.25) is 10.0 Å². The van der Waals surface area contributed by atoms with Gasteiger partial charge in [-0.2, -0.15) is 0 Å². The number of nitrogens with zero attached hydrogens (tertiary/aromatic N) is 1. The Labute approximate surface area is 238 Å². The maximum absolute atomic E-state index is 6.57. The Morgan fingerprint density at radius 3 is 2.64 bits per heavy atom. The molecule has 4 aromatic carbocycles. The van der Waals surface area contributed by atoms with Crippen molar-refractivity contribution in [2.45, 2.75) is 25.0 Å². The SMILES string of the molecule is COc1cc(C=Nc2ccc([C@@H]3Nc4ccccc4[C@@H]4C=CC[C@@H]43)cc2)cc(Cl)c1OCc1cccc(Cl)c1. The predicted octanol–water partition coefficient (Wildman–Crippen LogP) is 9.16. The van der Waals surface area contributed by atoms with E-state index >= 15 is 0 Å². The molecule has 0 saturated carbocycles. The zero-order chi connectivity index (χ0) is 26.8. The molecule has 6 heteroatoms. The van der Waals surface area contributed by atoms with Gasteiger partial charge in [0.25, 0.3) is 0 Å². The first-order valence-corrected chi connectivity index (χ1v) is 13.8. The number of halogens is 2. The third-order valence-electron chi connectivity index (χ3n) is 7.41. The van der Waals surface area contributed by atoms with Gasteiger partial charge in [-0.3, -0.25) is 4.99 Å². The van der Waals surface area contributed by atoms with Gasteiger partial charge in [0.15, 0.2) is 11.5 Å². The van der Waals surface area contributed by atoms with E-state index in [0.717, 1.165) is 23.2 Å². The maximum Gasteiger partial charge on any atom is 0.180 e. The maximum atomic E-state index is 6.57. The minimum absolute atomic E-state index is 0.264. The molecule has 0 aromatic heterocycles. The Hall–Kier alpha value is -3.73. The summed E-state index contributed by atoms with van der Waals surface area (Å²) in [4.78, 5) is 4.69. The summed E-state index contributed by atoms with van der Waals surface area (Å²) in [6.07, 6.45) is 7.55. The Bertz CT molecular complexity index is 1550. The Morgan fingerprint density at radius 1 is 0.974 bits per heavy atom. The summed E-state index contributed by atoms with van der Waals surface area (Å²) in [7, 11) is 1.60. The molecule has 4 nitrogen and oxygen atoms in total. The highest BCUT2D eigenvalue weighted by Gasteiger charge is 2.37. The standard InChI is InChI=1S/C33H28Cl2N2O2/c1-38-31-18-22(17-29(35)33(31)39-20-21-6-4-7-24(34)16-21)19-36-25-14-12-23(13-15-25)32-28-10-5-9-26(28)27-8-2-3-11-30(27)37-32/h2-9,11-19,26,28,32,37H,10,20H2,1H3/t26-,28-,32-/m0/s1. The molecule has 0 saturated heterocycles. The second kappa shape index (κ2) is 11.2. The number of rotatable bonds is 7. The number of hydrogen-bond acceptors (Lipinski definition) is 4. The van der Waals surface area contributed by atoms with Gasteiger partial charge in [0.2, 0.25) is 0 Å². The lowest BCUT2D eigenvalue weighted by molar-refractivity contribution is 0.284. The topological polar surface area (TPSA) is 42.8 Å². The second-order valence-corrected chi connectivity index (χ2v) is 10.7. The smallest absolute Gasteiger partial charge is 0.180 e. The zero-order valence-electron chi connectivity index (χ0n) is 21.5. The summed E-state index contributed by atoms with van der Waals surface area (Å²) in [6, 6.07) is 28.6. The van der Waals surface area contributed by atoms with E-state index in [-0.39, 0.29) is 6.04 Å². The molecule has 1 N–H and O–H groups in total. The fraction of sp³-hybridized carbons (Fsp3) is 0.182. The van der Waals surface area contributed by atoms with Gasteiger partial charge in [-0.05, 0) is 77.1 Å². The van der Waals surface area contributed by atoms with Crippen molar-refractivity contribution in [3.05, 3.63) is 129 Å². The number of methoxy groups -OCH3 is 1. The molecule has 0 bridgehead atoms. The molecule has 3 atom stereocenters. The van der Waals surface area contributed by atoms with Gasteiger partial charge in [-0.1, -0.05) is 77.8 Å². The number of allylic oxidation sites excluding steroid dienone is 2. The highest BCUT2D eigenvalue weighted by atomic mass is 35.5. The zero-order valence-corrected chi connectivity index (χ0v) is 23.0. The summed E-state index contributed by atoms with van der Waals surface area (Å²) >= 11 is 12.7. The molecule has 6 rings (SSSR count). The highest BCUT2D eigenvalue weighted by molar-refractivity contribution is 6.32. The Kier molecular flexibility index (Phi) is 7.32. The number of fused-ring (bicyclic) bond motifs is 3. The third kappa shape index (κ3) is 5.40. The number of benzene rings is 4. The molecule has 2 aliphatic rings. The molecule has 0 spiro atoms. The molecule has 1 heterocycles. The van der Waals surface area contributed by atoms with Gasteiger partial charge in [0.1, 0.15) is 6.61 Å². The van der Waals surface area contributed by atoms with Crippen LogP contribution in [0.1, 0.15) is 40.6 Å². The first kappa shape index (κ1) is 25.5. The minimum Gasteiger partial charge on any atom is -0.493 e. The quantitative estimate of drug-likeness (QED) is 0.183. The van der Waals surface area contributed by atoms with Gasteiger partial charge in [0, 0.05) is 22.8 Å². The lowest BCUT2D eigenvalue weighted by Crippen LogP contribution is -2.28. The largest absolute Gasteiger partial charge is 0.493 e. The number of anilines is 1. The molecule has 0 radical (unpaired) electrons.